The summed E-state index contributed by atoms with van der Waals surface area (Å²) in [4.78, 5) is 8.32. The van der Waals surface area contributed by atoms with Crippen molar-refractivity contribution >= 4 is 19.9 Å². The highest BCUT2D eigenvalue weighted by Gasteiger charge is 2.25. The Labute approximate surface area is 72.0 Å². The van der Waals surface area contributed by atoms with Gasteiger partial charge in [0.15, 0.2) is 0 Å². The Morgan fingerprint density at radius 2 is 2.45 bits per heavy atom. The fourth-order valence-corrected chi connectivity index (χ4v) is 0.946. The van der Waals surface area contributed by atoms with Crippen LogP contribution >= 0.6 is 19.9 Å². The largest absolute Gasteiger partial charge is 0.694 e. The van der Waals surface area contributed by atoms with Crippen LogP contribution in [0.4, 0.5) is 0 Å². The van der Waals surface area contributed by atoms with Gasteiger partial charge in [0.1, 0.15) is 6.61 Å². The van der Waals surface area contributed by atoms with E-state index in [1.54, 1.807) is 13.0 Å². The van der Waals surface area contributed by atoms with Crippen LogP contribution in [0.15, 0.2) is 12.7 Å². The zero-order valence-electron chi connectivity index (χ0n) is 6.29. The van der Waals surface area contributed by atoms with E-state index in [1.807, 2.05) is 0 Å². The first kappa shape index (κ1) is 11.1. The van der Waals surface area contributed by atoms with Crippen molar-refractivity contribution in [2.45, 2.75) is 6.92 Å². The maximum atomic E-state index is 10.1. The van der Waals surface area contributed by atoms with Gasteiger partial charge in [-0.15, -0.1) is 27.6 Å². The molecular formula is C6H11ClO3P+. The summed E-state index contributed by atoms with van der Waals surface area (Å²) < 4.78 is 14.6. The smallest absolute Gasteiger partial charge is 0.133 e. The first-order valence-corrected chi connectivity index (χ1v) is 4.69. The molecule has 0 aromatic carbocycles. The van der Waals surface area contributed by atoms with Crippen LogP contribution in [0.3, 0.4) is 0 Å². The summed E-state index contributed by atoms with van der Waals surface area (Å²) >= 11 is 5.56. The van der Waals surface area contributed by atoms with E-state index in [-0.39, 0.29) is 6.61 Å². The molecule has 64 valence electrons. The van der Waals surface area contributed by atoms with Crippen LogP contribution in [0.2, 0.25) is 0 Å². The van der Waals surface area contributed by atoms with Crippen LogP contribution in [0.1, 0.15) is 6.92 Å². The Bertz CT molecular complexity index is 162. The molecule has 0 spiro atoms. The molecule has 0 aliphatic rings. The Kier molecular flexibility index (Phi) is 4.86. The van der Waals surface area contributed by atoms with Gasteiger partial charge in [-0.05, 0) is 0 Å². The third-order valence-corrected chi connectivity index (χ3v) is 2.26. The monoisotopic (exact) mass is 197 g/mol. The van der Waals surface area contributed by atoms with Crippen molar-refractivity contribution in [3.63, 3.8) is 0 Å². The second kappa shape index (κ2) is 4.83. The van der Waals surface area contributed by atoms with Gasteiger partial charge in [0.2, 0.25) is 0 Å². The van der Waals surface area contributed by atoms with Crippen LogP contribution in [0.25, 0.3) is 0 Å². The maximum absolute atomic E-state index is 10.1. The summed E-state index contributed by atoms with van der Waals surface area (Å²) in [6, 6.07) is 0. The lowest BCUT2D eigenvalue weighted by Gasteiger charge is -2.17. The summed E-state index contributed by atoms with van der Waals surface area (Å²) in [6.45, 7) is 5.45. The Balaban J connectivity index is 3.87. The molecule has 0 amide bonds. The third kappa shape index (κ3) is 4.49. The van der Waals surface area contributed by atoms with Crippen molar-refractivity contribution < 1.29 is 14.0 Å². The molecule has 3 nitrogen and oxygen atoms in total. The van der Waals surface area contributed by atoms with E-state index < -0.39 is 13.7 Å². The number of rotatable bonds is 5. The molecule has 5 heteroatoms. The molecule has 0 heterocycles. The lowest BCUT2D eigenvalue weighted by atomic mass is 9.95. The molecule has 0 aliphatic carbocycles. The Morgan fingerprint density at radius 3 is 2.73 bits per heavy atom. The lowest BCUT2D eigenvalue weighted by molar-refractivity contribution is 0.210. The number of hydrogen-bond acceptors (Lipinski definition) is 2. The second-order valence-corrected chi connectivity index (χ2v) is 3.50. The van der Waals surface area contributed by atoms with Gasteiger partial charge in [-0.2, -0.15) is 0 Å². The highest BCUT2D eigenvalue weighted by atomic mass is 35.5. The summed E-state index contributed by atoms with van der Waals surface area (Å²) in [6.07, 6.45) is 1.61. The average Bonchev–Trinajstić information content (AvgIpc) is 2.00. The number of hydrogen-bond donors (Lipinski definition) is 1. The molecular weight excluding hydrogens is 186 g/mol. The van der Waals surface area contributed by atoms with Gasteiger partial charge in [-0.1, -0.05) is 13.0 Å². The summed E-state index contributed by atoms with van der Waals surface area (Å²) in [7, 11) is -2.53. The van der Waals surface area contributed by atoms with Gasteiger partial charge in [0.05, 0.1) is 0 Å². The SMILES string of the molecule is C=CC(C)(CCl)CO[P+](=O)O. The van der Waals surface area contributed by atoms with Crippen molar-refractivity contribution in [1.29, 1.82) is 0 Å². The molecule has 0 bridgehead atoms. The van der Waals surface area contributed by atoms with Gasteiger partial charge >= 0.3 is 8.25 Å². The average molecular weight is 198 g/mol. The van der Waals surface area contributed by atoms with Crippen LogP contribution in [0.5, 0.6) is 0 Å². The quantitative estimate of drug-likeness (QED) is 0.417. The van der Waals surface area contributed by atoms with Crippen LogP contribution in [-0.4, -0.2) is 17.4 Å². The fourth-order valence-electron chi connectivity index (χ4n) is 0.355. The number of alkyl halides is 1. The van der Waals surface area contributed by atoms with E-state index in [2.05, 4.69) is 11.1 Å². The van der Waals surface area contributed by atoms with Gasteiger partial charge in [-0.3, -0.25) is 0 Å². The lowest BCUT2D eigenvalue weighted by Crippen LogP contribution is -2.20. The predicted molar refractivity (Wildman–Crippen MR) is 44.8 cm³/mol. The van der Waals surface area contributed by atoms with Crippen molar-refractivity contribution in [1.82, 2.24) is 0 Å². The van der Waals surface area contributed by atoms with Crippen molar-refractivity contribution in [3.8, 4) is 0 Å². The molecule has 0 aromatic rings. The molecule has 0 aromatic heterocycles. The van der Waals surface area contributed by atoms with E-state index in [0.717, 1.165) is 0 Å². The highest BCUT2D eigenvalue weighted by Crippen LogP contribution is 2.25. The minimum absolute atomic E-state index is 0.117. The normalized spacial score (nSPS) is 17.2. The molecule has 2 atom stereocenters. The molecule has 0 fully saturated rings. The van der Waals surface area contributed by atoms with Crippen LogP contribution < -0.4 is 0 Å². The summed E-state index contributed by atoms with van der Waals surface area (Å²) in [5, 5.41) is 0. The third-order valence-electron chi connectivity index (χ3n) is 1.30. The van der Waals surface area contributed by atoms with Gasteiger partial charge in [0, 0.05) is 15.9 Å². The number of halogens is 1. The maximum Gasteiger partial charge on any atom is 0.694 e. The van der Waals surface area contributed by atoms with Crippen molar-refractivity contribution in [2.75, 3.05) is 12.5 Å². The van der Waals surface area contributed by atoms with Crippen LogP contribution in [-0.2, 0) is 9.09 Å². The topological polar surface area (TPSA) is 46.5 Å². The summed E-state index contributed by atoms with van der Waals surface area (Å²) in [5.41, 5.74) is -0.421. The molecule has 0 radical (unpaired) electrons. The van der Waals surface area contributed by atoms with E-state index in [4.69, 9.17) is 16.5 Å². The van der Waals surface area contributed by atoms with Gasteiger partial charge in [0.25, 0.3) is 0 Å². The van der Waals surface area contributed by atoms with Crippen molar-refractivity contribution in [2.24, 2.45) is 5.41 Å². The van der Waals surface area contributed by atoms with Crippen LogP contribution in [0, 0.1) is 5.41 Å². The van der Waals surface area contributed by atoms with E-state index in [9.17, 15) is 4.57 Å². The zero-order chi connectivity index (χ0) is 8.91. The first-order chi connectivity index (χ1) is 5.04. The van der Waals surface area contributed by atoms with Gasteiger partial charge < -0.3 is 0 Å². The van der Waals surface area contributed by atoms with Crippen molar-refractivity contribution in [3.05, 3.63) is 12.7 Å². The van der Waals surface area contributed by atoms with E-state index >= 15 is 0 Å². The minimum atomic E-state index is -2.53. The molecule has 0 saturated heterocycles. The first-order valence-electron chi connectivity index (χ1n) is 3.03. The van der Waals surface area contributed by atoms with E-state index in [1.165, 1.54) is 0 Å². The molecule has 0 saturated carbocycles. The Morgan fingerprint density at radius 1 is 1.91 bits per heavy atom. The highest BCUT2D eigenvalue weighted by molar-refractivity contribution is 7.32. The molecule has 11 heavy (non-hydrogen) atoms. The summed E-state index contributed by atoms with van der Waals surface area (Å²) in [5.74, 6) is 0.319. The minimum Gasteiger partial charge on any atom is -0.133 e. The fraction of sp³-hybridized carbons (Fsp3) is 0.667. The second-order valence-electron chi connectivity index (χ2n) is 2.50. The standard InChI is InChI=1S/C6H10ClO3P/c1-3-6(2,4-7)5-10-11(8)9/h3H,1,4-5H2,2H3/p+1. The van der Waals surface area contributed by atoms with Gasteiger partial charge in [-0.25, -0.2) is 0 Å². The van der Waals surface area contributed by atoms with E-state index in [0.29, 0.717) is 5.88 Å². The molecule has 1 N–H and O–H groups in total. The predicted octanol–water partition coefficient (Wildman–Crippen LogP) is 2.08. The zero-order valence-corrected chi connectivity index (χ0v) is 7.94. The molecule has 0 rings (SSSR count). The Hall–Kier alpha value is 0.0500. The molecule has 0 aliphatic heterocycles. The molecule has 2 unspecified atom stereocenters.